The summed E-state index contributed by atoms with van der Waals surface area (Å²) < 4.78 is 42.4. The third-order valence-corrected chi connectivity index (χ3v) is 9.08. The standard InChI is InChI=1S/C27H25F2N7O2S/c1-35(7-13-9-37-10-13)14-2-3-36(8-14)27-33-5-16-17-11-38-12-18(17)20(22(29)23(16)34-27)24-21-15(4-30)26(31)39-25(21)19(28)6-32-24/h5-6,13-14H,2-3,7-12,31H2,1H3/t14-/m0/s1. The van der Waals surface area contributed by atoms with Crippen LogP contribution in [0.4, 0.5) is 19.7 Å². The van der Waals surface area contributed by atoms with E-state index in [1.54, 1.807) is 6.20 Å². The Hall–Kier alpha value is -3.50. The Kier molecular flexibility index (Phi) is 5.85. The second-order valence-electron chi connectivity index (χ2n) is 10.4. The molecule has 0 bridgehead atoms. The van der Waals surface area contributed by atoms with Crippen LogP contribution in [-0.4, -0.2) is 65.8 Å². The molecule has 200 valence electrons. The Morgan fingerprint density at radius 2 is 2.03 bits per heavy atom. The molecular formula is C27H25F2N7O2S. The van der Waals surface area contributed by atoms with Crippen LogP contribution in [-0.2, 0) is 22.7 Å². The van der Waals surface area contributed by atoms with Gasteiger partial charge in [0.2, 0.25) is 5.95 Å². The number of halogens is 2. The predicted molar refractivity (Wildman–Crippen MR) is 143 cm³/mol. The van der Waals surface area contributed by atoms with Gasteiger partial charge < -0.3 is 25.0 Å². The molecule has 2 saturated heterocycles. The summed E-state index contributed by atoms with van der Waals surface area (Å²) >= 11 is 0.955. The first-order chi connectivity index (χ1) is 18.9. The van der Waals surface area contributed by atoms with E-state index in [2.05, 4.69) is 26.8 Å². The van der Waals surface area contributed by atoms with Crippen LogP contribution in [0.25, 0.3) is 32.2 Å². The molecule has 0 saturated carbocycles. The van der Waals surface area contributed by atoms with Gasteiger partial charge in [-0.2, -0.15) is 5.26 Å². The smallest absolute Gasteiger partial charge is 0.226 e. The Bertz CT molecular complexity index is 1680. The second-order valence-corrected chi connectivity index (χ2v) is 11.5. The maximum absolute atomic E-state index is 16.5. The van der Waals surface area contributed by atoms with E-state index in [0.29, 0.717) is 28.9 Å². The van der Waals surface area contributed by atoms with E-state index in [9.17, 15) is 9.65 Å². The first-order valence-electron chi connectivity index (χ1n) is 12.8. The molecule has 3 aliphatic heterocycles. The lowest BCUT2D eigenvalue weighted by atomic mass is 9.94. The van der Waals surface area contributed by atoms with Gasteiger partial charge in [0, 0.05) is 54.1 Å². The summed E-state index contributed by atoms with van der Waals surface area (Å²) in [5, 5.41) is 10.7. The molecule has 3 aliphatic rings. The van der Waals surface area contributed by atoms with Crippen molar-refractivity contribution in [2.24, 2.45) is 5.92 Å². The zero-order chi connectivity index (χ0) is 26.8. The van der Waals surface area contributed by atoms with Gasteiger partial charge in [-0.3, -0.25) is 4.98 Å². The first kappa shape index (κ1) is 24.5. The lowest BCUT2D eigenvalue weighted by Crippen LogP contribution is -2.43. The number of nitrogen functional groups attached to an aromatic ring is 1. The molecular weight excluding hydrogens is 524 g/mol. The van der Waals surface area contributed by atoms with Crippen molar-refractivity contribution in [1.82, 2.24) is 19.9 Å². The summed E-state index contributed by atoms with van der Waals surface area (Å²) in [7, 11) is 2.13. The van der Waals surface area contributed by atoms with Gasteiger partial charge in [0.1, 0.15) is 16.6 Å². The normalized spacial score (nSPS) is 19.3. The molecule has 1 atom stereocenters. The summed E-state index contributed by atoms with van der Waals surface area (Å²) in [6.07, 6.45) is 3.67. The number of hydrogen-bond donors (Lipinski definition) is 1. The van der Waals surface area contributed by atoms with Gasteiger partial charge in [0.05, 0.1) is 48.6 Å². The van der Waals surface area contributed by atoms with E-state index in [0.717, 1.165) is 62.4 Å². The molecule has 12 heteroatoms. The maximum atomic E-state index is 16.5. The Morgan fingerprint density at radius 1 is 1.21 bits per heavy atom. The van der Waals surface area contributed by atoms with Crippen LogP contribution in [0.5, 0.6) is 0 Å². The highest BCUT2D eigenvalue weighted by atomic mass is 32.1. The van der Waals surface area contributed by atoms with Gasteiger partial charge >= 0.3 is 0 Å². The molecule has 6 heterocycles. The Balaban J connectivity index is 1.33. The lowest BCUT2D eigenvalue weighted by molar-refractivity contribution is -0.0471. The highest BCUT2D eigenvalue weighted by molar-refractivity contribution is 7.23. The Morgan fingerprint density at radius 3 is 2.79 bits per heavy atom. The topological polar surface area (TPSA) is 113 Å². The number of pyridine rings is 1. The summed E-state index contributed by atoms with van der Waals surface area (Å²) in [4.78, 5) is 18.0. The highest BCUT2D eigenvalue weighted by Gasteiger charge is 2.33. The number of nitrogens with zero attached hydrogens (tertiary/aromatic N) is 6. The molecule has 7 rings (SSSR count). The van der Waals surface area contributed by atoms with Crippen LogP contribution in [0.15, 0.2) is 12.4 Å². The number of rotatable bonds is 5. The zero-order valence-electron chi connectivity index (χ0n) is 21.2. The molecule has 39 heavy (non-hydrogen) atoms. The average Bonchev–Trinajstić information content (AvgIpc) is 3.66. The minimum atomic E-state index is -0.607. The molecule has 0 spiro atoms. The van der Waals surface area contributed by atoms with Crippen molar-refractivity contribution < 1.29 is 18.3 Å². The van der Waals surface area contributed by atoms with Crippen LogP contribution in [0.3, 0.4) is 0 Å². The SMILES string of the molecule is CN(CC1COC1)[C@H]1CCN(c2ncc3c4c(c(-c5ncc(F)c6sc(N)c(C#N)c56)c(F)c3n2)COC4)C1. The van der Waals surface area contributed by atoms with E-state index in [4.69, 9.17) is 20.2 Å². The largest absolute Gasteiger partial charge is 0.389 e. The van der Waals surface area contributed by atoms with Crippen molar-refractivity contribution >= 4 is 43.3 Å². The monoisotopic (exact) mass is 549 g/mol. The molecule has 2 N–H and O–H groups in total. The molecule has 4 aromatic rings. The van der Waals surface area contributed by atoms with Crippen molar-refractivity contribution in [2.45, 2.75) is 25.7 Å². The van der Waals surface area contributed by atoms with Crippen molar-refractivity contribution in [2.75, 3.05) is 50.5 Å². The summed E-state index contributed by atoms with van der Waals surface area (Å²) in [6.45, 7) is 4.55. The van der Waals surface area contributed by atoms with Crippen molar-refractivity contribution in [3.63, 3.8) is 0 Å². The number of nitriles is 1. The van der Waals surface area contributed by atoms with Gasteiger partial charge in [-0.15, -0.1) is 11.3 Å². The molecule has 9 nitrogen and oxygen atoms in total. The summed E-state index contributed by atoms with van der Waals surface area (Å²) in [5.74, 6) is -0.165. The Labute approximate surface area is 226 Å². The molecule has 0 radical (unpaired) electrons. The summed E-state index contributed by atoms with van der Waals surface area (Å²) in [6, 6.07) is 2.39. The van der Waals surface area contributed by atoms with E-state index in [1.807, 2.05) is 6.07 Å². The fourth-order valence-corrected chi connectivity index (χ4v) is 6.84. The van der Waals surface area contributed by atoms with Gasteiger partial charge in [-0.05, 0) is 24.6 Å². The number of anilines is 2. The number of ether oxygens (including phenoxy) is 2. The van der Waals surface area contributed by atoms with Crippen molar-refractivity contribution in [1.29, 1.82) is 5.26 Å². The number of likely N-dealkylation sites (N-methyl/N-ethyl adjacent to an activating group) is 1. The molecule has 0 amide bonds. The van der Waals surface area contributed by atoms with Gasteiger partial charge in [0.15, 0.2) is 11.6 Å². The number of fused-ring (bicyclic) bond motifs is 4. The number of nitrogens with two attached hydrogens (primary N) is 1. The molecule has 0 unspecified atom stereocenters. The number of benzene rings is 1. The van der Waals surface area contributed by atoms with Crippen LogP contribution >= 0.6 is 11.3 Å². The lowest BCUT2D eigenvalue weighted by Gasteiger charge is -2.33. The molecule has 0 aliphatic carbocycles. The molecule has 2 fully saturated rings. The van der Waals surface area contributed by atoms with E-state index < -0.39 is 11.6 Å². The highest BCUT2D eigenvalue weighted by Crippen LogP contribution is 2.45. The number of hydrogen-bond acceptors (Lipinski definition) is 10. The van der Waals surface area contributed by atoms with Crippen LogP contribution in [0.1, 0.15) is 23.1 Å². The first-order valence-corrected chi connectivity index (χ1v) is 13.6. The van der Waals surface area contributed by atoms with E-state index >= 15 is 4.39 Å². The third-order valence-electron chi connectivity index (χ3n) is 8.06. The van der Waals surface area contributed by atoms with Crippen molar-refractivity contribution in [3.05, 3.63) is 40.7 Å². The molecule has 1 aromatic carbocycles. The predicted octanol–water partition coefficient (Wildman–Crippen LogP) is 3.83. The average molecular weight is 550 g/mol. The van der Waals surface area contributed by atoms with E-state index in [-0.39, 0.29) is 50.6 Å². The van der Waals surface area contributed by atoms with Crippen LogP contribution in [0, 0.1) is 28.9 Å². The zero-order valence-corrected chi connectivity index (χ0v) is 22.0. The second kappa shape index (κ2) is 9.31. The van der Waals surface area contributed by atoms with Gasteiger partial charge in [0.25, 0.3) is 0 Å². The third kappa shape index (κ3) is 3.83. The fourth-order valence-electron chi connectivity index (χ4n) is 5.92. The fraction of sp³-hybridized carbons (Fsp3) is 0.407. The summed E-state index contributed by atoms with van der Waals surface area (Å²) in [5.41, 5.74) is 7.99. The number of thiophene rings is 1. The minimum absolute atomic E-state index is 0.0910. The number of aromatic nitrogens is 3. The maximum Gasteiger partial charge on any atom is 0.226 e. The minimum Gasteiger partial charge on any atom is -0.389 e. The van der Waals surface area contributed by atoms with Gasteiger partial charge in [-0.1, -0.05) is 0 Å². The van der Waals surface area contributed by atoms with Crippen molar-refractivity contribution in [3.8, 4) is 17.3 Å². The van der Waals surface area contributed by atoms with E-state index in [1.165, 1.54) is 0 Å². The van der Waals surface area contributed by atoms with Gasteiger partial charge in [-0.25, -0.2) is 18.7 Å². The van der Waals surface area contributed by atoms with Crippen LogP contribution in [0.2, 0.25) is 0 Å². The molecule has 3 aromatic heterocycles. The quantitative estimate of drug-likeness (QED) is 0.397. The van der Waals surface area contributed by atoms with Crippen LogP contribution < -0.4 is 10.6 Å².